The van der Waals surface area contributed by atoms with Gasteiger partial charge in [-0.25, -0.2) is 4.79 Å². The Morgan fingerprint density at radius 2 is 2.32 bits per heavy atom. The number of nitrogens with one attached hydrogen (secondary N) is 1. The Morgan fingerprint density at radius 1 is 1.47 bits per heavy atom. The summed E-state index contributed by atoms with van der Waals surface area (Å²) in [6.45, 7) is 0. The number of nitrogens with zero attached hydrogens (tertiary/aromatic N) is 5. The maximum atomic E-state index is 11.4. The van der Waals surface area contributed by atoms with E-state index in [1.54, 1.807) is 32.7 Å². The van der Waals surface area contributed by atoms with Crippen LogP contribution in [0.15, 0.2) is 22.9 Å². The third kappa shape index (κ3) is 3.61. The normalized spacial score (nSPS) is 10.2. The summed E-state index contributed by atoms with van der Waals surface area (Å²) in [5.74, 6) is 0.673. The van der Waals surface area contributed by atoms with Crippen molar-refractivity contribution >= 4 is 34.3 Å². The van der Waals surface area contributed by atoms with E-state index in [1.165, 1.54) is 28.0 Å². The van der Waals surface area contributed by atoms with Crippen molar-refractivity contribution in [2.45, 2.75) is 10.1 Å². The van der Waals surface area contributed by atoms with Crippen LogP contribution in [0.5, 0.6) is 0 Å². The van der Waals surface area contributed by atoms with Crippen LogP contribution < -0.4 is 10.2 Å². The van der Waals surface area contributed by atoms with Crippen molar-refractivity contribution in [3.05, 3.63) is 24.3 Å². The lowest BCUT2D eigenvalue weighted by molar-refractivity contribution is 0.249. The molecule has 0 aliphatic carbocycles. The van der Waals surface area contributed by atoms with Crippen LogP contribution in [0.1, 0.15) is 5.69 Å². The molecule has 100 valence electrons. The summed E-state index contributed by atoms with van der Waals surface area (Å²) in [5.41, 5.74) is 0.879. The molecule has 0 aliphatic heterocycles. The quantitative estimate of drug-likeness (QED) is 0.678. The van der Waals surface area contributed by atoms with E-state index in [0.29, 0.717) is 10.9 Å². The van der Waals surface area contributed by atoms with Gasteiger partial charge in [0, 0.05) is 38.4 Å². The number of anilines is 1. The fourth-order valence-electron chi connectivity index (χ4n) is 1.19. The molecule has 2 aromatic rings. The molecule has 0 saturated carbocycles. The lowest BCUT2D eigenvalue weighted by atomic mass is 10.5. The summed E-state index contributed by atoms with van der Waals surface area (Å²) < 4.78 is 0.788. The second kappa shape index (κ2) is 6.43. The van der Waals surface area contributed by atoms with E-state index >= 15 is 0 Å². The van der Waals surface area contributed by atoms with Crippen LogP contribution >= 0.6 is 23.1 Å². The Hall–Kier alpha value is -1.74. The number of hydrogen-bond donors (Lipinski definition) is 1. The van der Waals surface area contributed by atoms with Crippen LogP contribution in [0.2, 0.25) is 0 Å². The average molecular weight is 296 g/mol. The van der Waals surface area contributed by atoms with Crippen molar-refractivity contribution in [3.8, 4) is 0 Å². The van der Waals surface area contributed by atoms with Crippen molar-refractivity contribution in [3.63, 3.8) is 0 Å². The monoisotopic (exact) mass is 296 g/mol. The SMILES string of the molecule is CNC(=O)N(C)c1nnc(SCc2cnccn2)s1. The van der Waals surface area contributed by atoms with Crippen molar-refractivity contribution in [1.29, 1.82) is 0 Å². The first-order chi connectivity index (χ1) is 9.20. The summed E-state index contributed by atoms with van der Waals surface area (Å²) in [5, 5.41) is 11.1. The first-order valence-corrected chi connectivity index (χ1v) is 7.17. The fourth-order valence-corrected chi connectivity index (χ4v) is 2.89. The standard InChI is InChI=1S/C10H12N6OS2/c1-11-8(17)16(2)9-14-15-10(19-9)18-6-7-5-12-3-4-13-7/h3-5H,6H2,1-2H3,(H,11,17). The third-order valence-electron chi connectivity index (χ3n) is 2.16. The molecule has 0 bridgehead atoms. The minimum Gasteiger partial charge on any atom is -0.341 e. The van der Waals surface area contributed by atoms with Crippen molar-refractivity contribution in [2.75, 3.05) is 19.0 Å². The van der Waals surface area contributed by atoms with Crippen LogP contribution in [0.4, 0.5) is 9.93 Å². The van der Waals surface area contributed by atoms with Gasteiger partial charge in [-0.2, -0.15) is 0 Å². The highest BCUT2D eigenvalue weighted by atomic mass is 32.2. The van der Waals surface area contributed by atoms with Gasteiger partial charge >= 0.3 is 6.03 Å². The Kier molecular flexibility index (Phi) is 4.63. The number of rotatable bonds is 4. The topological polar surface area (TPSA) is 83.9 Å². The molecule has 2 aromatic heterocycles. The molecule has 19 heavy (non-hydrogen) atoms. The summed E-state index contributed by atoms with van der Waals surface area (Å²) >= 11 is 2.88. The first-order valence-electron chi connectivity index (χ1n) is 5.37. The Balaban J connectivity index is 1.96. The molecule has 1 N–H and O–H groups in total. The van der Waals surface area contributed by atoms with Gasteiger partial charge in [0.1, 0.15) is 0 Å². The van der Waals surface area contributed by atoms with Crippen LogP contribution in [-0.2, 0) is 5.75 Å². The molecular formula is C10H12N6OS2. The Labute approximate surface area is 118 Å². The smallest absolute Gasteiger partial charge is 0.323 e. The molecule has 0 unspecified atom stereocenters. The van der Waals surface area contributed by atoms with Gasteiger partial charge in [0.25, 0.3) is 0 Å². The van der Waals surface area contributed by atoms with E-state index in [-0.39, 0.29) is 6.03 Å². The van der Waals surface area contributed by atoms with Crippen molar-refractivity contribution < 1.29 is 4.79 Å². The van der Waals surface area contributed by atoms with E-state index in [1.807, 2.05) is 0 Å². The summed E-state index contributed by atoms with van der Waals surface area (Å²) in [6.07, 6.45) is 5.00. The fraction of sp³-hybridized carbons (Fsp3) is 0.300. The molecule has 9 heteroatoms. The van der Waals surface area contributed by atoms with Gasteiger partial charge in [-0.3, -0.25) is 14.9 Å². The summed E-state index contributed by atoms with van der Waals surface area (Å²) in [6, 6.07) is -0.221. The highest BCUT2D eigenvalue weighted by Crippen LogP contribution is 2.29. The lowest BCUT2D eigenvalue weighted by Gasteiger charge is -2.10. The van der Waals surface area contributed by atoms with Gasteiger partial charge in [0.2, 0.25) is 5.13 Å². The minimum atomic E-state index is -0.221. The zero-order valence-electron chi connectivity index (χ0n) is 10.4. The molecule has 0 fully saturated rings. The minimum absolute atomic E-state index is 0.221. The molecule has 0 radical (unpaired) electrons. The summed E-state index contributed by atoms with van der Waals surface area (Å²) in [4.78, 5) is 21.0. The van der Waals surface area contributed by atoms with Gasteiger partial charge < -0.3 is 5.32 Å². The van der Waals surface area contributed by atoms with E-state index in [4.69, 9.17) is 0 Å². The molecule has 0 saturated heterocycles. The number of carbonyl (C=O) groups is 1. The van der Waals surface area contributed by atoms with Gasteiger partial charge in [-0.1, -0.05) is 23.1 Å². The van der Waals surface area contributed by atoms with E-state index in [9.17, 15) is 4.79 Å². The van der Waals surface area contributed by atoms with Gasteiger partial charge in [0.05, 0.1) is 5.69 Å². The van der Waals surface area contributed by atoms with Gasteiger partial charge in [-0.15, -0.1) is 10.2 Å². The molecule has 0 aliphatic rings. The molecule has 2 rings (SSSR count). The van der Waals surface area contributed by atoms with E-state index in [0.717, 1.165) is 10.0 Å². The second-order valence-corrected chi connectivity index (χ2v) is 5.63. The lowest BCUT2D eigenvalue weighted by Crippen LogP contribution is -2.34. The number of thioether (sulfide) groups is 1. The third-order valence-corrected chi connectivity index (χ3v) is 4.33. The molecule has 7 nitrogen and oxygen atoms in total. The molecule has 0 spiro atoms. The maximum Gasteiger partial charge on any atom is 0.323 e. The number of aromatic nitrogens is 4. The predicted molar refractivity (Wildman–Crippen MR) is 74.4 cm³/mol. The zero-order valence-corrected chi connectivity index (χ0v) is 12.0. The van der Waals surface area contributed by atoms with Crippen molar-refractivity contribution in [1.82, 2.24) is 25.5 Å². The highest BCUT2D eigenvalue weighted by Gasteiger charge is 2.14. The van der Waals surface area contributed by atoms with Crippen LogP contribution in [0, 0.1) is 0 Å². The summed E-state index contributed by atoms with van der Waals surface area (Å²) in [7, 11) is 3.22. The Bertz CT molecular complexity index is 546. The van der Waals surface area contributed by atoms with Crippen LogP contribution in [-0.4, -0.2) is 40.3 Å². The van der Waals surface area contributed by atoms with Gasteiger partial charge in [0.15, 0.2) is 4.34 Å². The average Bonchev–Trinajstić information content (AvgIpc) is 2.93. The highest BCUT2D eigenvalue weighted by molar-refractivity contribution is 8.00. The molecule has 2 heterocycles. The number of urea groups is 1. The van der Waals surface area contributed by atoms with E-state index in [2.05, 4.69) is 25.5 Å². The van der Waals surface area contributed by atoms with Crippen molar-refractivity contribution in [2.24, 2.45) is 0 Å². The zero-order chi connectivity index (χ0) is 13.7. The maximum absolute atomic E-state index is 11.4. The number of carbonyl (C=O) groups excluding carboxylic acids is 1. The van der Waals surface area contributed by atoms with E-state index < -0.39 is 0 Å². The second-order valence-electron chi connectivity index (χ2n) is 3.45. The van der Waals surface area contributed by atoms with Gasteiger partial charge in [-0.05, 0) is 0 Å². The molecular weight excluding hydrogens is 284 g/mol. The first kappa shape index (κ1) is 13.7. The predicted octanol–water partition coefficient (Wildman–Crippen LogP) is 1.40. The number of amides is 2. The molecule has 2 amide bonds. The molecule has 0 aromatic carbocycles. The van der Waals surface area contributed by atoms with Crippen LogP contribution in [0.3, 0.4) is 0 Å². The van der Waals surface area contributed by atoms with Crippen LogP contribution in [0.25, 0.3) is 0 Å². The number of hydrogen-bond acceptors (Lipinski definition) is 7. The largest absolute Gasteiger partial charge is 0.341 e. The molecule has 0 atom stereocenters. The Morgan fingerprint density at radius 3 is 3.00 bits per heavy atom.